The second-order valence-corrected chi connectivity index (χ2v) is 11.6. The molecule has 0 saturated heterocycles. The fourth-order valence-electron chi connectivity index (χ4n) is 5.67. The monoisotopic (exact) mass is 528 g/mol. The molecule has 0 bridgehead atoms. The minimum atomic E-state index is -1.47. The summed E-state index contributed by atoms with van der Waals surface area (Å²) in [6.07, 6.45) is 0.311. The first kappa shape index (κ1) is 23.7. The summed E-state index contributed by atoms with van der Waals surface area (Å²) in [7, 11) is 0. The van der Waals surface area contributed by atoms with E-state index in [-0.39, 0.29) is 17.8 Å². The van der Waals surface area contributed by atoms with Crippen LogP contribution in [0.4, 0.5) is 0 Å². The standard InChI is InChI=1S/C37H38N2O/c1-23(2)18-26-16-17-35-31(19-26)32(22-40-35)37-38-33-14-10-11-15-34(33)39(37)36-29(24(3)4)20-28(21-30(36)25(5)6)27-12-8-7-9-13-27/h7-17,19-25H,18H2,1-6H3/i18D2. The summed E-state index contributed by atoms with van der Waals surface area (Å²) >= 11 is 0. The van der Waals surface area contributed by atoms with Gasteiger partial charge in [-0.1, -0.05) is 90.1 Å². The molecule has 2 heterocycles. The first-order chi connectivity index (χ1) is 20.1. The Bertz CT molecular complexity index is 1870. The van der Waals surface area contributed by atoms with Crippen molar-refractivity contribution in [2.75, 3.05) is 0 Å². The van der Waals surface area contributed by atoms with Crippen LogP contribution < -0.4 is 0 Å². The Labute approximate surface area is 240 Å². The summed E-state index contributed by atoms with van der Waals surface area (Å²) in [5.41, 5.74) is 10.3. The summed E-state index contributed by atoms with van der Waals surface area (Å²) in [4.78, 5) is 5.20. The second kappa shape index (κ2) is 10.5. The van der Waals surface area contributed by atoms with Crippen molar-refractivity contribution in [2.24, 2.45) is 5.92 Å². The molecule has 3 nitrogen and oxygen atoms in total. The van der Waals surface area contributed by atoms with Gasteiger partial charge < -0.3 is 4.42 Å². The summed E-state index contributed by atoms with van der Waals surface area (Å²) in [6, 6.07) is 29.2. The third-order valence-corrected chi connectivity index (χ3v) is 7.57. The van der Waals surface area contributed by atoms with Gasteiger partial charge in [0.15, 0.2) is 0 Å². The lowest BCUT2D eigenvalue weighted by Crippen LogP contribution is -2.09. The predicted molar refractivity (Wildman–Crippen MR) is 168 cm³/mol. The molecule has 0 unspecified atom stereocenters. The van der Waals surface area contributed by atoms with Crippen molar-refractivity contribution < 1.29 is 7.16 Å². The molecule has 6 rings (SSSR count). The van der Waals surface area contributed by atoms with E-state index in [4.69, 9.17) is 12.1 Å². The van der Waals surface area contributed by atoms with Crippen molar-refractivity contribution in [3.8, 4) is 28.2 Å². The molecule has 2 aromatic heterocycles. The van der Waals surface area contributed by atoms with Gasteiger partial charge in [-0.25, -0.2) is 4.98 Å². The molecule has 0 radical (unpaired) electrons. The molecule has 6 aromatic rings. The quantitative estimate of drug-likeness (QED) is 0.206. The van der Waals surface area contributed by atoms with E-state index in [2.05, 4.69) is 92.9 Å². The molecular formula is C37H38N2O. The van der Waals surface area contributed by atoms with Gasteiger partial charge in [0.05, 0.1) is 22.3 Å². The zero-order valence-corrected chi connectivity index (χ0v) is 24.2. The zero-order valence-electron chi connectivity index (χ0n) is 26.2. The van der Waals surface area contributed by atoms with Crippen molar-refractivity contribution in [3.63, 3.8) is 0 Å². The number of benzene rings is 4. The van der Waals surface area contributed by atoms with E-state index in [0.29, 0.717) is 5.56 Å². The van der Waals surface area contributed by atoms with Crippen LogP contribution in [0.3, 0.4) is 0 Å². The Hall–Kier alpha value is -4.11. The molecule has 0 saturated carbocycles. The minimum absolute atomic E-state index is 0.166. The van der Waals surface area contributed by atoms with Gasteiger partial charge in [-0.05, 0) is 88.3 Å². The molecule has 0 N–H and O–H groups in total. The Morgan fingerprint density at radius 2 is 1.45 bits per heavy atom. The summed E-state index contributed by atoms with van der Waals surface area (Å²) in [5.74, 6) is 1.16. The number of hydrogen-bond donors (Lipinski definition) is 0. The lowest BCUT2D eigenvalue weighted by molar-refractivity contribution is 0.615. The molecular weight excluding hydrogens is 488 g/mol. The highest BCUT2D eigenvalue weighted by molar-refractivity contribution is 5.96. The van der Waals surface area contributed by atoms with Gasteiger partial charge in [-0.2, -0.15) is 0 Å². The van der Waals surface area contributed by atoms with Crippen LogP contribution in [-0.2, 0) is 6.37 Å². The lowest BCUT2D eigenvalue weighted by Gasteiger charge is -2.24. The molecule has 0 aliphatic carbocycles. The van der Waals surface area contributed by atoms with Crippen LogP contribution in [0.25, 0.3) is 50.2 Å². The summed E-state index contributed by atoms with van der Waals surface area (Å²) in [5, 5.41) is 0.867. The lowest BCUT2D eigenvalue weighted by atomic mass is 9.88. The van der Waals surface area contributed by atoms with Gasteiger partial charge >= 0.3 is 0 Å². The Morgan fingerprint density at radius 1 is 0.775 bits per heavy atom. The molecule has 40 heavy (non-hydrogen) atoms. The van der Waals surface area contributed by atoms with E-state index in [0.717, 1.165) is 39.1 Å². The van der Waals surface area contributed by atoms with Crippen LogP contribution in [0.15, 0.2) is 95.6 Å². The van der Waals surface area contributed by atoms with Crippen LogP contribution in [0.5, 0.6) is 0 Å². The number of aromatic nitrogens is 2. The van der Waals surface area contributed by atoms with E-state index in [1.165, 1.54) is 22.3 Å². The third kappa shape index (κ3) is 4.64. The van der Waals surface area contributed by atoms with E-state index < -0.39 is 6.37 Å². The van der Waals surface area contributed by atoms with Crippen molar-refractivity contribution >= 4 is 22.0 Å². The van der Waals surface area contributed by atoms with Crippen LogP contribution in [0.2, 0.25) is 0 Å². The highest BCUT2D eigenvalue weighted by atomic mass is 16.3. The number of furan rings is 1. The Kier molecular flexibility index (Phi) is 6.21. The average Bonchev–Trinajstić information content (AvgIpc) is 3.57. The molecule has 202 valence electrons. The average molecular weight is 529 g/mol. The first-order valence-corrected chi connectivity index (χ1v) is 14.3. The van der Waals surface area contributed by atoms with Crippen molar-refractivity contribution in [1.82, 2.24) is 9.55 Å². The molecule has 0 amide bonds. The smallest absolute Gasteiger partial charge is 0.149 e. The molecule has 4 aromatic carbocycles. The minimum Gasteiger partial charge on any atom is -0.464 e. The van der Waals surface area contributed by atoms with Gasteiger partial charge in [0.1, 0.15) is 17.7 Å². The highest BCUT2D eigenvalue weighted by Crippen LogP contribution is 2.41. The number of hydrogen-bond acceptors (Lipinski definition) is 2. The van der Waals surface area contributed by atoms with Crippen molar-refractivity contribution in [3.05, 3.63) is 108 Å². The fraction of sp³-hybridized carbons (Fsp3) is 0.270. The molecule has 0 aliphatic rings. The van der Waals surface area contributed by atoms with E-state index in [1.54, 1.807) is 6.26 Å². The van der Waals surface area contributed by atoms with Gasteiger partial charge in [-0.3, -0.25) is 4.57 Å². The largest absolute Gasteiger partial charge is 0.464 e. The maximum atomic E-state index is 8.75. The topological polar surface area (TPSA) is 31.0 Å². The Balaban J connectivity index is 1.68. The SMILES string of the molecule is [2H]C([2H])(c1ccc2occ(-c3nc4ccccc4n3-c3c(C(C)C)cc(-c4ccccc4)cc3C(C)C)c2c1)C(C)C. The third-order valence-electron chi connectivity index (χ3n) is 7.57. The molecule has 0 fully saturated rings. The maximum Gasteiger partial charge on any atom is 0.149 e. The molecule has 0 aliphatic heterocycles. The van der Waals surface area contributed by atoms with Crippen molar-refractivity contribution in [2.45, 2.75) is 59.8 Å². The van der Waals surface area contributed by atoms with Gasteiger partial charge in [0.2, 0.25) is 0 Å². The van der Waals surface area contributed by atoms with Crippen LogP contribution in [0, 0.1) is 5.92 Å². The van der Waals surface area contributed by atoms with Crippen LogP contribution >= 0.6 is 0 Å². The normalized spacial score (nSPS) is 13.1. The number of para-hydroxylation sites is 2. The van der Waals surface area contributed by atoms with Gasteiger partial charge in [0, 0.05) is 8.13 Å². The first-order valence-electron chi connectivity index (χ1n) is 15.3. The second-order valence-electron chi connectivity index (χ2n) is 11.6. The van der Waals surface area contributed by atoms with E-state index >= 15 is 0 Å². The number of rotatable bonds is 7. The van der Waals surface area contributed by atoms with Gasteiger partial charge in [0.25, 0.3) is 0 Å². The zero-order chi connectivity index (χ0) is 29.8. The van der Waals surface area contributed by atoms with E-state index in [9.17, 15) is 0 Å². The Morgan fingerprint density at radius 3 is 2.12 bits per heavy atom. The number of imidazole rings is 1. The number of fused-ring (bicyclic) bond motifs is 2. The van der Waals surface area contributed by atoms with E-state index in [1.807, 2.05) is 38.1 Å². The van der Waals surface area contributed by atoms with Crippen LogP contribution in [-0.4, -0.2) is 9.55 Å². The summed E-state index contributed by atoms with van der Waals surface area (Å²) < 4.78 is 25.9. The molecule has 3 heteroatoms. The number of nitrogens with zero attached hydrogens (tertiary/aromatic N) is 2. The van der Waals surface area contributed by atoms with Crippen molar-refractivity contribution in [1.29, 1.82) is 0 Å². The summed E-state index contributed by atoms with van der Waals surface area (Å²) in [6.45, 7) is 12.8. The molecule has 0 atom stereocenters. The fourth-order valence-corrected chi connectivity index (χ4v) is 5.67. The van der Waals surface area contributed by atoms with Gasteiger partial charge in [-0.15, -0.1) is 0 Å². The molecule has 0 spiro atoms. The van der Waals surface area contributed by atoms with Crippen LogP contribution in [0.1, 0.15) is 72.8 Å². The maximum absolute atomic E-state index is 8.75. The highest BCUT2D eigenvalue weighted by Gasteiger charge is 2.25. The predicted octanol–water partition coefficient (Wildman–Crippen LogP) is 10.6.